The van der Waals surface area contributed by atoms with Gasteiger partial charge < -0.3 is 24.7 Å². The van der Waals surface area contributed by atoms with Crippen molar-refractivity contribution in [1.82, 2.24) is 14.9 Å². The first-order valence-corrected chi connectivity index (χ1v) is 10.4. The largest absolute Gasteiger partial charge is 0.490 e. The maximum Gasteiger partial charge on any atom is 0.195 e. The Morgan fingerprint density at radius 2 is 2.00 bits per heavy atom. The number of imidazole rings is 1. The van der Waals surface area contributed by atoms with Crippen molar-refractivity contribution in [3.05, 3.63) is 72.6 Å². The number of halogens is 2. The van der Waals surface area contributed by atoms with Crippen LogP contribution in [0.5, 0.6) is 11.5 Å². The Morgan fingerprint density at radius 3 is 2.81 bits per heavy atom. The Balaban J connectivity index is 0.00000289. The highest BCUT2D eigenvalue weighted by Crippen LogP contribution is 2.32. The molecule has 0 spiro atoms. The number of nitrogens with zero attached hydrogens (tertiary/aromatic N) is 3. The van der Waals surface area contributed by atoms with E-state index in [2.05, 4.69) is 20.6 Å². The Morgan fingerprint density at radius 1 is 1.12 bits per heavy atom. The molecule has 0 atom stereocenters. The summed E-state index contributed by atoms with van der Waals surface area (Å²) in [6, 6.07) is 12.4. The van der Waals surface area contributed by atoms with E-state index in [-0.39, 0.29) is 29.8 Å². The molecule has 0 radical (unpaired) electrons. The van der Waals surface area contributed by atoms with E-state index in [1.165, 1.54) is 6.07 Å². The second-order valence-corrected chi connectivity index (χ2v) is 7.17. The highest BCUT2D eigenvalue weighted by molar-refractivity contribution is 14.0. The predicted octanol–water partition coefficient (Wildman–Crippen LogP) is 4.10. The number of ether oxygens (including phenoxy) is 2. The molecule has 2 N–H and O–H groups in total. The summed E-state index contributed by atoms with van der Waals surface area (Å²) in [5, 5.41) is 6.67. The first-order valence-electron chi connectivity index (χ1n) is 10.4. The molecule has 0 saturated heterocycles. The molecule has 1 aliphatic rings. The summed E-state index contributed by atoms with van der Waals surface area (Å²) in [5.41, 5.74) is 1.76. The summed E-state index contributed by atoms with van der Waals surface area (Å²) in [4.78, 5) is 8.73. The Labute approximate surface area is 204 Å². The SMILES string of the molecule is Fc1cccc(CCN=C(NCCn2ccnc2)Nc2ccc3c(c2)OCCCO3)c1.I. The van der Waals surface area contributed by atoms with Gasteiger partial charge in [0.2, 0.25) is 0 Å². The van der Waals surface area contributed by atoms with Crippen molar-refractivity contribution in [2.75, 3.05) is 31.6 Å². The normalized spacial score (nSPS) is 13.1. The first kappa shape index (κ1) is 23.8. The van der Waals surface area contributed by atoms with Crippen LogP contribution in [0.4, 0.5) is 10.1 Å². The van der Waals surface area contributed by atoms with Gasteiger partial charge in [-0.1, -0.05) is 12.1 Å². The minimum atomic E-state index is -0.231. The van der Waals surface area contributed by atoms with Gasteiger partial charge in [-0.25, -0.2) is 9.37 Å². The summed E-state index contributed by atoms with van der Waals surface area (Å²) in [5.74, 6) is 1.89. The molecule has 32 heavy (non-hydrogen) atoms. The zero-order valence-electron chi connectivity index (χ0n) is 17.7. The van der Waals surface area contributed by atoms with E-state index in [0.717, 1.165) is 35.7 Å². The van der Waals surface area contributed by atoms with E-state index in [1.807, 2.05) is 35.0 Å². The van der Waals surface area contributed by atoms with Gasteiger partial charge in [-0.3, -0.25) is 4.99 Å². The van der Waals surface area contributed by atoms with Crippen LogP contribution in [-0.4, -0.2) is 41.8 Å². The van der Waals surface area contributed by atoms with Crippen LogP contribution in [0.25, 0.3) is 0 Å². The fourth-order valence-electron chi connectivity index (χ4n) is 3.23. The van der Waals surface area contributed by atoms with Gasteiger partial charge in [-0.2, -0.15) is 0 Å². The van der Waals surface area contributed by atoms with Crippen LogP contribution in [0.15, 0.2) is 66.2 Å². The van der Waals surface area contributed by atoms with Crippen LogP contribution < -0.4 is 20.1 Å². The standard InChI is InChI=1S/C23H26FN5O2.HI/c24-19-4-1-3-18(15-19)7-8-26-23(27-10-12-29-11-9-25-17-29)28-20-5-6-21-22(16-20)31-14-2-13-30-21;/h1,3-6,9,11,15-17H,2,7-8,10,12-14H2,(H2,26,27,28);1H. The van der Waals surface area contributed by atoms with Crippen molar-refractivity contribution in [3.8, 4) is 11.5 Å². The first-order chi connectivity index (χ1) is 15.3. The van der Waals surface area contributed by atoms with Gasteiger partial charge in [0.1, 0.15) is 5.82 Å². The van der Waals surface area contributed by atoms with Crippen molar-refractivity contribution in [2.24, 2.45) is 4.99 Å². The van der Waals surface area contributed by atoms with Crippen LogP contribution in [0.3, 0.4) is 0 Å². The molecule has 4 rings (SSSR count). The third-order valence-electron chi connectivity index (χ3n) is 4.79. The van der Waals surface area contributed by atoms with Gasteiger partial charge in [0.25, 0.3) is 0 Å². The van der Waals surface area contributed by atoms with Gasteiger partial charge in [0, 0.05) is 50.2 Å². The summed E-state index contributed by atoms with van der Waals surface area (Å²) < 4.78 is 26.9. The molecule has 0 aliphatic carbocycles. The summed E-state index contributed by atoms with van der Waals surface area (Å²) in [7, 11) is 0. The Bertz CT molecular complexity index is 1010. The molecule has 3 aromatic rings. The number of guanidine groups is 1. The summed E-state index contributed by atoms with van der Waals surface area (Å²) in [6.45, 7) is 3.24. The van der Waals surface area contributed by atoms with Crippen LogP contribution in [0, 0.1) is 5.82 Å². The third-order valence-corrected chi connectivity index (χ3v) is 4.79. The quantitative estimate of drug-likeness (QED) is 0.263. The van der Waals surface area contributed by atoms with E-state index in [9.17, 15) is 4.39 Å². The topological polar surface area (TPSA) is 72.7 Å². The van der Waals surface area contributed by atoms with Crippen molar-refractivity contribution in [1.29, 1.82) is 0 Å². The van der Waals surface area contributed by atoms with E-state index in [4.69, 9.17) is 9.47 Å². The van der Waals surface area contributed by atoms with Crippen molar-refractivity contribution in [2.45, 2.75) is 19.4 Å². The average molecular weight is 551 g/mol. The zero-order valence-corrected chi connectivity index (χ0v) is 20.0. The lowest BCUT2D eigenvalue weighted by atomic mass is 10.1. The van der Waals surface area contributed by atoms with Gasteiger partial charge in [0.05, 0.1) is 19.5 Å². The molecule has 1 aliphatic heterocycles. The molecule has 1 aromatic heterocycles. The molecule has 7 nitrogen and oxygen atoms in total. The minimum Gasteiger partial charge on any atom is -0.490 e. The number of anilines is 1. The molecule has 0 bridgehead atoms. The van der Waals surface area contributed by atoms with Crippen LogP contribution >= 0.6 is 24.0 Å². The number of fused-ring (bicyclic) bond motifs is 1. The summed E-state index contributed by atoms with van der Waals surface area (Å²) in [6.07, 6.45) is 6.96. The fourth-order valence-corrected chi connectivity index (χ4v) is 3.23. The lowest BCUT2D eigenvalue weighted by molar-refractivity contribution is 0.297. The van der Waals surface area contributed by atoms with Crippen LogP contribution in [-0.2, 0) is 13.0 Å². The molecule has 0 amide bonds. The molecular formula is C23H27FIN5O2. The van der Waals surface area contributed by atoms with Gasteiger partial charge in [-0.15, -0.1) is 24.0 Å². The number of hydrogen-bond donors (Lipinski definition) is 2. The highest BCUT2D eigenvalue weighted by Gasteiger charge is 2.11. The van der Waals surface area contributed by atoms with E-state index >= 15 is 0 Å². The van der Waals surface area contributed by atoms with Gasteiger partial charge >= 0.3 is 0 Å². The number of rotatable bonds is 7. The molecule has 9 heteroatoms. The van der Waals surface area contributed by atoms with E-state index < -0.39 is 0 Å². The third kappa shape index (κ3) is 7.11. The molecule has 2 heterocycles. The maximum atomic E-state index is 13.4. The van der Waals surface area contributed by atoms with Gasteiger partial charge in [-0.05, 0) is 36.2 Å². The second-order valence-electron chi connectivity index (χ2n) is 7.17. The molecule has 170 valence electrons. The smallest absolute Gasteiger partial charge is 0.195 e. The van der Waals surface area contributed by atoms with Crippen molar-refractivity contribution < 1.29 is 13.9 Å². The number of nitrogens with one attached hydrogen (secondary N) is 2. The zero-order chi connectivity index (χ0) is 21.3. The lowest BCUT2D eigenvalue weighted by Crippen LogP contribution is -2.33. The number of benzene rings is 2. The lowest BCUT2D eigenvalue weighted by Gasteiger charge is -2.15. The molecule has 0 unspecified atom stereocenters. The molecular weight excluding hydrogens is 524 g/mol. The van der Waals surface area contributed by atoms with Gasteiger partial charge in [0.15, 0.2) is 17.5 Å². The van der Waals surface area contributed by atoms with E-state index in [1.54, 1.807) is 24.7 Å². The maximum absolute atomic E-state index is 13.4. The monoisotopic (exact) mass is 551 g/mol. The molecule has 0 saturated carbocycles. The fraction of sp³-hybridized carbons (Fsp3) is 0.304. The van der Waals surface area contributed by atoms with Crippen LogP contribution in [0.1, 0.15) is 12.0 Å². The van der Waals surface area contributed by atoms with Crippen LogP contribution in [0.2, 0.25) is 0 Å². The summed E-state index contributed by atoms with van der Waals surface area (Å²) >= 11 is 0. The molecule has 2 aromatic carbocycles. The number of aromatic nitrogens is 2. The van der Waals surface area contributed by atoms with Crippen molar-refractivity contribution >= 4 is 35.6 Å². The number of aliphatic imine (C=N–C) groups is 1. The Kier molecular flexibility index (Phi) is 9.14. The average Bonchev–Trinajstić information content (AvgIpc) is 3.17. The predicted molar refractivity (Wildman–Crippen MR) is 134 cm³/mol. The highest BCUT2D eigenvalue weighted by atomic mass is 127. The van der Waals surface area contributed by atoms with Crippen molar-refractivity contribution in [3.63, 3.8) is 0 Å². The van der Waals surface area contributed by atoms with E-state index in [0.29, 0.717) is 38.7 Å². The Hall–Kier alpha value is -2.82. The second kappa shape index (κ2) is 12.3. The minimum absolute atomic E-state index is 0. The number of hydrogen-bond acceptors (Lipinski definition) is 4. The molecule has 0 fully saturated rings.